The topological polar surface area (TPSA) is 148 Å². The fraction of sp³-hybridized carbons (Fsp3) is 0.565. The molecule has 0 radical (unpaired) electrons. The van der Waals surface area contributed by atoms with E-state index in [1.165, 1.54) is 38.1 Å². The van der Waals surface area contributed by atoms with Gasteiger partial charge < -0.3 is 29.8 Å². The molecule has 34 heavy (non-hydrogen) atoms. The third-order valence-electron chi connectivity index (χ3n) is 5.38. The van der Waals surface area contributed by atoms with Crippen molar-refractivity contribution in [1.29, 1.82) is 0 Å². The van der Waals surface area contributed by atoms with Gasteiger partial charge in [0.05, 0.1) is 19.8 Å². The van der Waals surface area contributed by atoms with Crippen molar-refractivity contribution in [2.45, 2.75) is 65.2 Å². The van der Waals surface area contributed by atoms with Gasteiger partial charge in [0.15, 0.2) is 22.9 Å². The number of carbonyl (C=O) groups is 2. The van der Waals surface area contributed by atoms with Crippen LogP contribution in [-0.2, 0) is 15.2 Å². The Morgan fingerprint density at radius 1 is 1.09 bits per heavy atom. The maximum absolute atomic E-state index is 13.6. The van der Waals surface area contributed by atoms with Crippen LogP contribution in [0.25, 0.3) is 0 Å². The van der Waals surface area contributed by atoms with E-state index < -0.39 is 23.8 Å². The quantitative estimate of drug-likeness (QED) is 0.244. The van der Waals surface area contributed by atoms with E-state index in [9.17, 15) is 9.59 Å². The lowest BCUT2D eigenvalue weighted by molar-refractivity contribution is -0.133. The molecule has 0 saturated heterocycles. The number of nitrogens with two attached hydrogens (primary N) is 1. The minimum absolute atomic E-state index is 0.0675. The zero-order chi connectivity index (χ0) is 25.5. The van der Waals surface area contributed by atoms with E-state index in [1.807, 2.05) is 20.8 Å². The lowest BCUT2D eigenvalue weighted by Crippen LogP contribution is -2.39. The van der Waals surface area contributed by atoms with Crippen LogP contribution in [0, 0.1) is 0 Å². The second-order valence-electron chi connectivity index (χ2n) is 7.75. The Hall–Kier alpha value is -3.34. The molecule has 0 aliphatic heterocycles. The normalized spacial score (nSPS) is 12.3. The summed E-state index contributed by atoms with van der Waals surface area (Å²) in [6.07, 6.45) is 0.207. The molecule has 0 saturated carbocycles. The van der Waals surface area contributed by atoms with Gasteiger partial charge in [-0.2, -0.15) is 9.90 Å². The first kappa shape index (κ1) is 26.9. The van der Waals surface area contributed by atoms with Gasteiger partial charge in [0.1, 0.15) is 11.8 Å². The van der Waals surface area contributed by atoms with E-state index in [0.717, 1.165) is 12.8 Å². The number of carboxylic acid groups (broad SMARTS) is 1. The first-order valence-corrected chi connectivity index (χ1v) is 11.2. The highest BCUT2D eigenvalue weighted by Gasteiger charge is 2.37. The molecule has 0 aliphatic rings. The van der Waals surface area contributed by atoms with Gasteiger partial charge in [-0.25, -0.2) is 4.79 Å². The van der Waals surface area contributed by atoms with Crippen LogP contribution in [0.2, 0.25) is 0 Å². The first-order valence-electron chi connectivity index (χ1n) is 11.2. The molecule has 2 rings (SSSR count). The van der Waals surface area contributed by atoms with Gasteiger partial charge in [-0.3, -0.25) is 4.79 Å². The number of ketones is 1. The summed E-state index contributed by atoms with van der Waals surface area (Å²) in [5.41, 5.74) is 5.50. The van der Waals surface area contributed by atoms with E-state index in [1.54, 1.807) is 0 Å². The number of nitrogen functional groups attached to an aromatic ring is 1. The molecular weight excluding hydrogens is 444 g/mol. The average molecular weight is 479 g/mol. The molecule has 0 fully saturated rings. The van der Waals surface area contributed by atoms with Crippen LogP contribution < -0.4 is 15.2 Å². The van der Waals surface area contributed by atoms with Gasteiger partial charge in [-0.15, -0.1) is 5.10 Å². The standard InChI is InChI=1S/C23H34N4O7/c1-7-10-23(11-8-2,33-9-3)27-25-19(14(4)34-22(29)30)20(26-27)21(28)15-12-17(31-5)18(32-6)13-16(15)24/h12-14H,7-11,24H2,1-6H3,(H,29,30). The Balaban J connectivity index is 2.72. The number of aromatic nitrogens is 3. The molecule has 3 N–H and O–H groups in total. The Morgan fingerprint density at radius 2 is 1.68 bits per heavy atom. The summed E-state index contributed by atoms with van der Waals surface area (Å²) in [6, 6.07) is 2.93. The Bertz CT molecular complexity index is 988. The predicted octanol–water partition coefficient (Wildman–Crippen LogP) is 4.15. The van der Waals surface area contributed by atoms with Crippen molar-refractivity contribution in [2.24, 2.45) is 0 Å². The zero-order valence-corrected chi connectivity index (χ0v) is 20.6. The Kier molecular flexibility index (Phi) is 9.25. The van der Waals surface area contributed by atoms with Crippen molar-refractivity contribution in [3.63, 3.8) is 0 Å². The monoisotopic (exact) mass is 478 g/mol. The van der Waals surface area contributed by atoms with Gasteiger partial charge in [-0.1, -0.05) is 26.7 Å². The maximum atomic E-state index is 13.6. The number of nitrogens with zero attached hydrogens (tertiary/aromatic N) is 3. The number of benzene rings is 1. The van der Waals surface area contributed by atoms with Crippen molar-refractivity contribution in [1.82, 2.24) is 15.0 Å². The highest BCUT2D eigenvalue weighted by atomic mass is 16.7. The molecule has 0 spiro atoms. The van der Waals surface area contributed by atoms with Gasteiger partial charge in [0.2, 0.25) is 5.78 Å². The third kappa shape index (κ3) is 5.58. The molecular formula is C23H34N4O7. The molecule has 1 aromatic carbocycles. The molecule has 1 aromatic heterocycles. The minimum atomic E-state index is -1.50. The van der Waals surface area contributed by atoms with Crippen molar-refractivity contribution in [2.75, 3.05) is 26.6 Å². The Labute approximate surface area is 199 Å². The summed E-state index contributed by atoms with van der Waals surface area (Å²) < 4.78 is 21.6. The zero-order valence-electron chi connectivity index (χ0n) is 20.6. The fourth-order valence-electron chi connectivity index (χ4n) is 3.94. The molecule has 0 aliphatic carbocycles. The SMILES string of the molecule is CCCC(CCC)(OCC)n1nc(C(=O)c2cc(OC)c(OC)cc2N)c(C(C)OC(=O)O)n1. The number of methoxy groups -OCH3 is 2. The minimum Gasteiger partial charge on any atom is -0.493 e. The second kappa shape index (κ2) is 11.7. The first-order chi connectivity index (χ1) is 16.2. The number of hydrogen-bond acceptors (Lipinski definition) is 9. The summed E-state index contributed by atoms with van der Waals surface area (Å²) in [5, 5.41) is 18.2. The summed E-state index contributed by atoms with van der Waals surface area (Å²) in [7, 11) is 2.90. The van der Waals surface area contributed by atoms with Crippen LogP contribution in [0.3, 0.4) is 0 Å². The molecule has 188 valence electrons. The van der Waals surface area contributed by atoms with Gasteiger partial charge in [0.25, 0.3) is 0 Å². The number of hydrogen-bond donors (Lipinski definition) is 2. The molecule has 2 aromatic rings. The molecule has 0 bridgehead atoms. The van der Waals surface area contributed by atoms with E-state index >= 15 is 0 Å². The number of ether oxygens (including phenoxy) is 4. The highest BCUT2D eigenvalue weighted by molar-refractivity contribution is 6.12. The van der Waals surface area contributed by atoms with Crippen LogP contribution in [0.15, 0.2) is 12.1 Å². The van der Waals surface area contributed by atoms with Crippen LogP contribution in [-0.4, -0.2) is 52.9 Å². The fourth-order valence-corrected chi connectivity index (χ4v) is 3.94. The van der Waals surface area contributed by atoms with Crippen molar-refractivity contribution >= 4 is 17.6 Å². The Morgan fingerprint density at radius 3 is 2.18 bits per heavy atom. The van der Waals surface area contributed by atoms with Crippen LogP contribution in [0.5, 0.6) is 11.5 Å². The van der Waals surface area contributed by atoms with Gasteiger partial charge in [0, 0.05) is 18.4 Å². The summed E-state index contributed by atoms with van der Waals surface area (Å²) >= 11 is 0. The average Bonchev–Trinajstić information content (AvgIpc) is 3.24. The molecule has 11 nitrogen and oxygen atoms in total. The summed E-state index contributed by atoms with van der Waals surface area (Å²) in [5.74, 6) is 0.118. The van der Waals surface area contributed by atoms with Crippen molar-refractivity contribution < 1.29 is 33.6 Å². The van der Waals surface area contributed by atoms with Crippen LogP contribution in [0.4, 0.5) is 10.5 Å². The largest absolute Gasteiger partial charge is 0.506 e. The molecule has 0 amide bonds. The summed E-state index contributed by atoms with van der Waals surface area (Å²) in [6.45, 7) is 7.79. The lowest BCUT2D eigenvalue weighted by atomic mass is 10.0. The van der Waals surface area contributed by atoms with E-state index in [2.05, 4.69) is 10.2 Å². The molecule has 1 unspecified atom stereocenters. The van der Waals surface area contributed by atoms with Crippen LogP contribution in [0.1, 0.15) is 81.2 Å². The van der Waals surface area contributed by atoms with E-state index in [0.29, 0.717) is 30.9 Å². The third-order valence-corrected chi connectivity index (χ3v) is 5.38. The van der Waals surface area contributed by atoms with Crippen LogP contribution >= 0.6 is 0 Å². The molecule has 11 heteroatoms. The summed E-state index contributed by atoms with van der Waals surface area (Å²) in [4.78, 5) is 26.2. The maximum Gasteiger partial charge on any atom is 0.506 e. The van der Waals surface area contributed by atoms with Crippen molar-refractivity contribution in [3.05, 3.63) is 29.1 Å². The van der Waals surface area contributed by atoms with E-state index in [-0.39, 0.29) is 22.6 Å². The van der Waals surface area contributed by atoms with Gasteiger partial charge in [-0.05, 0) is 32.8 Å². The second-order valence-corrected chi connectivity index (χ2v) is 7.75. The number of anilines is 1. The molecule has 1 atom stereocenters. The smallest absolute Gasteiger partial charge is 0.493 e. The van der Waals surface area contributed by atoms with Crippen molar-refractivity contribution in [3.8, 4) is 11.5 Å². The lowest BCUT2D eigenvalue weighted by Gasteiger charge is -2.32. The highest BCUT2D eigenvalue weighted by Crippen LogP contribution is 2.35. The van der Waals surface area contributed by atoms with Gasteiger partial charge >= 0.3 is 6.16 Å². The number of rotatable bonds is 13. The predicted molar refractivity (Wildman–Crippen MR) is 124 cm³/mol. The van der Waals surface area contributed by atoms with E-state index in [4.69, 9.17) is 29.8 Å². The number of carbonyl (C=O) groups excluding carboxylic acids is 1. The molecule has 1 heterocycles.